The van der Waals surface area contributed by atoms with E-state index in [1.807, 2.05) is 0 Å². The molecule has 116 valence electrons. The van der Waals surface area contributed by atoms with E-state index in [0.717, 1.165) is 0 Å². The predicted octanol–water partition coefficient (Wildman–Crippen LogP) is 1.18. The van der Waals surface area contributed by atoms with E-state index < -0.39 is 10.0 Å². The fourth-order valence-corrected chi connectivity index (χ4v) is 5.02. The summed E-state index contributed by atoms with van der Waals surface area (Å²) >= 11 is 3.24. The second kappa shape index (κ2) is 6.33. The highest BCUT2D eigenvalue weighted by Gasteiger charge is 2.33. The van der Waals surface area contributed by atoms with E-state index >= 15 is 0 Å². The van der Waals surface area contributed by atoms with E-state index in [2.05, 4.69) is 21.2 Å². The Balaban J connectivity index is 2.28. The second-order valence-electron chi connectivity index (χ2n) is 5.01. The maximum absolute atomic E-state index is 12.7. The van der Waals surface area contributed by atoms with Crippen LogP contribution in [0, 0.1) is 5.92 Å². The Kier molecular flexibility index (Phi) is 4.90. The van der Waals surface area contributed by atoms with Crippen molar-refractivity contribution >= 4 is 37.5 Å². The molecule has 0 radical (unpaired) electrons. The lowest BCUT2D eigenvalue weighted by atomic mass is 9.99. The first-order valence-electron chi connectivity index (χ1n) is 6.63. The molecular formula is C13H18BrN3O3S. The summed E-state index contributed by atoms with van der Waals surface area (Å²) < 4.78 is 27.2. The summed E-state index contributed by atoms with van der Waals surface area (Å²) in [6, 6.07) is 4.60. The zero-order chi connectivity index (χ0) is 15.6. The van der Waals surface area contributed by atoms with Crippen LogP contribution >= 0.6 is 15.9 Å². The van der Waals surface area contributed by atoms with Crippen LogP contribution in [-0.2, 0) is 14.8 Å². The fraction of sp³-hybridized carbons (Fsp3) is 0.462. The van der Waals surface area contributed by atoms with Crippen LogP contribution in [0.15, 0.2) is 27.6 Å². The van der Waals surface area contributed by atoms with Gasteiger partial charge in [0.1, 0.15) is 0 Å². The Bertz CT molecular complexity index is 648. The Labute approximate surface area is 132 Å². The van der Waals surface area contributed by atoms with E-state index in [1.165, 1.54) is 10.4 Å². The molecule has 1 atom stereocenters. The number of carbonyl (C=O) groups is 1. The van der Waals surface area contributed by atoms with E-state index in [1.54, 1.807) is 19.2 Å². The van der Waals surface area contributed by atoms with Gasteiger partial charge >= 0.3 is 0 Å². The third-order valence-corrected chi connectivity index (χ3v) is 6.42. The van der Waals surface area contributed by atoms with Gasteiger partial charge in [-0.25, -0.2) is 8.42 Å². The molecule has 2 rings (SSSR count). The normalized spacial score (nSPS) is 20.2. The van der Waals surface area contributed by atoms with Crippen LogP contribution in [0.5, 0.6) is 0 Å². The van der Waals surface area contributed by atoms with Crippen LogP contribution < -0.4 is 11.1 Å². The largest absolute Gasteiger partial charge is 0.399 e. The fourth-order valence-electron chi connectivity index (χ4n) is 2.44. The van der Waals surface area contributed by atoms with Crippen molar-refractivity contribution < 1.29 is 13.2 Å². The summed E-state index contributed by atoms with van der Waals surface area (Å²) in [6.07, 6.45) is 1.37. The lowest BCUT2D eigenvalue weighted by Crippen LogP contribution is -2.44. The molecule has 0 bridgehead atoms. The SMILES string of the molecule is CNC(=O)C1CCCN(S(=O)(=O)c2ccc(N)cc2Br)C1. The third kappa shape index (κ3) is 3.38. The zero-order valence-corrected chi connectivity index (χ0v) is 14.1. The first kappa shape index (κ1) is 16.3. The van der Waals surface area contributed by atoms with Gasteiger partial charge in [-0.3, -0.25) is 4.79 Å². The summed E-state index contributed by atoms with van der Waals surface area (Å²) in [6.45, 7) is 0.630. The van der Waals surface area contributed by atoms with Gasteiger partial charge in [0.2, 0.25) is 15.9 Å². The molecule has 1 fully saturated rings. The van der Waals surface area contributed by atoms with Crippen molar-refractivity contribution in [3.05, 3.63) is 22.7 Å². The zero-order valence-electron chi connectivity index (χ0n) is 11.7. The molecule has 1 saturated heterocycles. The molecule has 0 aromatic heterocycles. The molecule has 1 amide bonds. The Morgan fingerprint density at radius 1 is 1.48 bits per heavy atom. The molecule has 1 aliphatic rings. The molecule has 8 heteroatoms. The van der Waals surface area contributed by atoms with Crippen LogP contribution in [0.2, 0.25) is 0 Å². The number of nitrogens with zero attached hydrogens (tertiary/aromatic N) is 1. The van der Waals surface area contributed by atoms with Crippen LogP contribution in [0.3, 0.4) is 0 Å². The number of benzene rings is 1. The quantitative estimate of drug-likeness (QED) is 0.775. The molecule has 1 aromatic rings. The first-order chi connectivity index (χ1) is 9.86. The number of nitrogens with two attached hydrogens (primary N) is 1. The minimum Gasteiger partial charge on any atom is -0.399 e. The van der Waals surface area contributed by atoms with Crippen LogP contribution in [-0.4, -0.2) is 38.8 Å². The Morgan fingerprint density at radius 3 is 2.81 bits per heavy atom. The number of amides is 1. The van der Waals surface area contributed by atoms with Crippen LogP contribution in [0.4, 0.5) is 5.69 Å². The lowest BCUT2D eigenvalue weighted by Gasteiger charge is -2.31. The molecule has 1 aromatic carbocycles. The van der Waals surface area contributed by atoms with Crippen molar-refractivity contribution in [2.45, 2.75) is 17.7 Å². The van der Waals surface area contributed by atoms with Crippen molar-refractivity contribution in [2.24, 2.45) is 5.92 Å². The number of sulfonamides is 1. The number of carbonyl (C=O) groups excluding carboxylic acids is 1. The topological polar surface area (TPSA) is 92.5 Å². The second-order valence-corrected chi connectivity index (χ2v) is 7.77. The minimum atomic E-state index is -3.63. The van der Waals surface area contributed by atoms with E-state index in [-0.39, 0.29) is 23.3 Å². The van der Waals surface area contributed by atoms with Gasteiger partial charge in [-0.05, 0) is 47.0 Å². The van der Waals surface area contributed by atoms with Crippen LogP contribution in [0.1, 0.15) is 12.8 Å². The predicted molar refractivity (Wildman–Crippen MR) is 84.1 cm³/mol. The lowest BCUT2D eigenvalue weighted by molar-refractivity contribution is -0.125. The Morgan fingerprint density at radius 2 is 2.19 bits per heavy atom. The third-order valence-electron chi connectivity index (χ3n) is 3.58. The number of rotatable bonds is 3. The first-order valence-corrected chi connectivity index (χ1v) is 8.86. The summed E-state index contributed by atoms with van der Waals surface area (Å²) in [5, 5.41) is 2.58. The number of nitrogens with one attached hydrogen (secondary N) is 1. The van der Waals surface area contributed by atoms with Gasteiger partial charge in [-0.1, -0.05) is 0 Å². The smallest absolute Gasteiger partial charge is 0.244 e. The maximum Gasteiger partial charge on any atom is 0.244 e. The molecule has 6 nitrogen and oxygen atoms in total. The van der Waals surface area contributed by atoms with Crippen molar-refractivity contribution in [3.8, 4) is 0 Å². The van der Waals surface area contributed by atoms with Crippen molar-refractivity contribution in [2.75, 3.05) is 25.9 Å². The molecule has 21 heavy (non-hydrogen) atoms. The Hall–Kier alpha value is -1.12. The van der Waals surface area contributed by atoms with E-state index in [4.69, 9.17) is 5.73 Å². The molecule has 1 aliphatic heterocycles. The number of halogens is 1. The van der Waals surface area contributed by atoms with Gasteiger partial charge in [0.15, 0.2) is 0 Å². The average Bonchev–Trinajstić information content (AvgIpc) is 2.46. The average molecular weight is 376 g/mol. The molecule has 1 heterocycles. The minimum absolute atomic E-state index is 0.119. The van der Waals surface area contributed by atoms with Crippen molar-refractivity contribution in [3.63, 3.8) is 0 Å². The molecular weight excluding hydrogens is 358 g/mol. The number of piperidine rings is 1. The van der Waals surface area contributed by atoms with E-state index in [9.17, 15) is 13.2 Å². The molecule has 0 spiro atoms. The van der Waals surface area contributed by atoms with Crippen molar-refractivity contribution in [1.82, 2.24) is 9.62 Å². The van der Waals surface area contributed by atoms with Gasteiger partial charge in [0.05, 0.1) is 10.8 Å². The highest BCUT2D eigenvalue weighted by atomic mass is 79.9. The van der Waals surface area contributed by atoms with Gasteiger partial charge in [-0.15, -0.1) is 0 Å². The molecule has 1 unspecified atom stereocenters. The summed E-state index contributed by atoms with van der Waals surface area (Å²) in [5.41, 5.74) is 6.13. The van der Waals surface area contributed by atoms with Gasteiger partial charge < -0.3 is 11.1 Å². The maximum atomic E-state index is 12.7. The number of hydrogen-bond donors (Lipinski definition) is 2. The van der Waals surface area contributed by atoms with Gasteiger partial charge in [0, 0.05) is 30.3 Å². The van der Waals surface area contributed by atoms with Crippen molar-refractivity contribution in [1.29, 1.82) is 0 Å². The summed E-state index contributed by atoms with van der Waals surface area (Å²) in [7, 11) is -2.07. The highest BCUT2D eigenvalue weighted by molar-refractivity contribution is 9.10. The highest BCUT2D eigenvalue weighted by Crippen LogP contribution is 2.29. The summed E-state index contributed by atoms with van der Waals surface area (Å²) in [5.74, 6) is -0.419. The van der Waals surface area contributed by atoms with E-state index in [0.29, 0.717) is 29.5 Å². The standard InChI is InChI=1S/C13H18BrN3O3S/c1-16-13(18)9-3-2-6-17(8-9)21(19,20)12-5-4-10(15)7-11(12)14/h4-5,7,9H,2-3,6,8,15H2,1H3,(H,16,18). The van der Waals surface area contributed by atoms with Gasteiger partial charge in [-0.2, -0.15) is 4.31 Å². The number of nitrogen functional groups attached to an aromatic ring is 1. The molecule has 3 N–H and O–H groups in total. The number of anilines is 1. The number of hydrogen-bond acceptors (Lipinski definition) is 4. The molecule has 0 aliphatic carbocycles. The van der Waals surface area contributed by atoms with Crippen LogP contribution in [0.25, 0.3) is 0 Å². The van der Waals surface area contributed by atoms with Gasteiger partial charge in [0.25, 0.3) is 0 Å². The summed E-state index contributed by atoms with van der Waals surface area (Å²) in [4.78, 5) is 11.9. The monoisotopic (exact) mass is 375 g/mol. The molecule has 0 saturated carbocycles.